The van der Waals surface area contributed by atoms with Crippen LogP contribution in [0.3, 0.4) is 0 Å². The number of carboxylic acid groups (broad SMARTS) is 1. The van der Waals surface area contributed by atoms with Crippen molar-refractivity contribution in [3.05, 3.63) is 52.1 Å². The van der Waals surface area contributed by atoms with E-state index in [1.807, 2.05) is 19.1 Å². The minimum atomic E-state index is -1.01. The van der Waals surface area contributed by atoms with Crippen LogP contribution in [-0.2, 0) is 11.2 Å². The summed E-state index contributed by atoms with van der Waals surface area (Å²) in [6.45, 7) is 3.71. The second-order valence-electron chi connectivity index (χ2n) is 6.46. The van der Waals surface area contributed by atoms with Gasteiger partial charge >= 0.3 is 5.97 Å². The third-order valence-corrected chi connectivity index (χ3v) is 4.91. The summed E-state index contributed by atoms with van der Waals surface area (Å²) in [5.41, 5.74) is 3.25. The molecule has 0 aliphatic rings. The van der Waals surface area contributed by atoms with Crippen molar-refractivity contribution < 1.29 is 19.4 Å². The second kappa shape index (κ2) is 8.48. The van der Waals surface area contributed by atoms with Crippen molar-refractivity contribution in [2.75, 3.05) is 6.61 Å². The Kier molecular flexibility index (Phi) is 6.06. The van der Waals surface area contributed by atoms with Gasteiger partial charge in [0.2, 0.25) is 0 Å². The quantitative estimate of drug-likeness (QED) is 0.469. The lowest BCUT2D eigenvalue weighted by molar-refractivity contribution is -0.139. The number of aromatic amines is 1. The van der Waals surface area contributed by atoms with Crippen LogP contribution in [0.15, 0.2) is 41.0 Å². The molecule has 142 valence electrons. The number of hydrogen-bond donors (Lipinski definition) is 2. The van der Waals surface area contributed by atoms with E-state index in [0.29, 0.717) is 16.0 Å². The predicted octanol–water partition coefficient (Wildman–Crippen LogP) is 5.84. The van der Waals surface area contributed by atoms with E-state index in [9.17, 15) is 4.79 Å². The number of rotatable bonds is 8. The topological polar surface area (TPSA) is 71.5 Å². The normalized spacial score (nSPS) is 10.9. The Morgan fingerprint density at radius 3 is 2.74 bits per heavy atom. The average molecular weight is 432 g/mol. The van der Waals surface area contributed by atoms with Crippen molar-refractivity contribution >= 4 is 32.8 Å². The summed E-state index contributed by atoms with van der Waals surface area (Å²) in [5.74, 6) is 0.908. The molecule has 0 spiro atoms. The Bertz CT molecular complexity index is 941. The molecule has 0 atom stereocenters. The number of aryl methyl sites for hydroxylation is 2. The molecule has 0 saturated carbocycles. The second-order valence-corrected chi connectivity index (χ2v) is 7.31. The van der Waals surface area contributed by atoms with Crippen LogP contribution >= 0.6 is 15.9 Å². The van der Waals surface area contributed by atoms with E-state index in [-0.39, 0.29) is 6.61 Å². The third kappa shape index (κ3) is 4.63. The molecule has 5 nitrogen and oxygen atoms in total. The maximum Gasteiger partial charge on any atom is 0.341 e. The van der Waals surface area contributed by atoms with Gasteiger partial charge in [0.15, 0.2) is 6.61 Å². The average Bonchev–Trinajstić information content (AvgIpc) is 3.03. The summed E-state index contributed by atoms with van der Waals surface area (Å²) in [7, 11) is 0. The Labute approximate surface area is 166 Å². The summed E-state index contributed by atoms with van der Waals surface area (Å²) in [6.07, 6.45) is 5.42. The van der Waals surface area contributed by atoms with E-state index in [0.717, 1.165) is 36.1 Å². The van der Waals surface area contributed by atoms with E-state index in [1.54, 1.807) is 12.1 Å². The fourth-order valence-electron chi connectivity index (χ4n) is 2.97. The molecular formula is C21H22BrNO4. The first-order chi connectivity index (χ1) is 13.0. The molecule has 2 aromatic carbocycles. The molecule has 1 aromatic heterocycles. The lowest BCUT2D eigenvalue weighted by Gasteiger charge is -2.13. The molecule has 0 aliphatic carbocycles. The SMILES string of the molecule is CCCCc1c[nH]c2ccc(Oc3c(C)cc(OCC(=O)O)cc3Br)cc12. The van der Waals surface area contributed by atoms with Gasteiger partial charge in [0.1, 0.15) is 17.2 Å². The highest BCUT2D eigenvalue weighted by Gasteiger charge is 2.12. The van der Waals surface area contributed by atoms with Crippen LogP contribution in [0.2, 0.25) is 0 Å². The van der Waals surface area contributed by atoms with Gasteiger partial charge in [0.25, 0.3) is 0 Å². The maximum absolute atomic E-state index is 10.7. The first-order valence-electron chi connectivity index (χ1n) is 8.90. The molecule has 0 amide bonds. The number of benzene rings is 2. The van der Waals surface area contributed by atoms with Crippen molar-refractivity contribution in [1.29, 1.82) is 0 Å². The van der Waals surface area contributed by atoms with E-state index in [1.165, 1.54) is 10.9 Å². The summed E-state index contributed by atoms with van der Waals surface area (Å²) in [5, 5.41) is 9.92. The van der Waals surface area contributed by atoms with Gasteiger partial charge in [0.05, 0.1) is 4.47 Å². The summed E-state index contributed by atoms with van der Waals surface area (Å²) in [4.78, 5) is 14.0. The molecule has 0 radical (unpaired) electrons. The van der Waals surface area contributed by atoms with Gasteiger partial charge < -0.3 is 19.6 Å². The van der Waals surface area contributed by atoms with Crippen molar-refractivity contribution in [1.82, 2.24) is 4.98 Å². The van der Waals surface area contributed by atoms with Crippen molar-refractivity contribution in [2.24, 2.45) is 0 Å². The summed E-state index contributed by atoms with van der Waals surface area (Å²) in [6, 6.07) is 9.49. The van der Waals surface area contributed by atoms with Gasteiger partial charge in [-0.05, 0) is 77.2 Å². The smallest absolute Gasteiger partial charge is 0.341 e. The molecule has 2 N–H and O–H groups in total. The molecule has 0 saturated heterocycles. The van der Waals surface area contributed by atoms with Gasteiger partial charge in [-0.3, -0.25) is 0 Å². The molecule has 27 heavy (non-hydrogen) atoms. The molecule has 1 heterocycles. The van der Waals surface area contributed by atoms with Crippen molar-refractivity contribution in [3.8, 4) is 17.2 Å². The van der Waals surface area contributed by atoms with E-state index < -0.39 is 5.97 Å². The first-order valence-corrected chi connectivity index (χ1v) is 9.70. The standard InChI is InChI=1S/C21H22BrNO4/c1-3-4-5-14-11-23-19-7-6-15(9-17(14)19)27-21-13(2)8-16(10-18(21)22)26-12-20(24)25/h6-11,23H,3-5,12H2,1-2H3,(H,24,25). The Morgan fingerprint density at radius 1 is 1.22 bits per heavy atom. The number of carboxylic acids is 1. The summed E-state index contributed by atoms with van der Waals surface area (Å²) >= 11 is 3.49. The number of carbonyl (C=O) groups is 1. The molecule has 0 aliphatic heterocycles. The monoisotopic (exact) mass is 431 g/mol. The van der Waals surface area contributed by atoms with Crippen LogP contribution in [-0.4, -0.2) is 22.7 Å². The van der Waals surface area contributed by atoms with Crippen LogP contribution in [0.5, 0.6) is 17.2 Å². The number of aliphatic carboxylic acids is 1. The van der Waals surface area contributed by atoms with Gasteiger partial charge in [-0.25, -0.2) is 4.79 Å². The number of unbranched alkanes of at least 4 members (excludes halogenated alkanes) is 1. The van der Waals surface area contributed by atoms with Crippen LogP contribution in [0.1, 0.15) is 30.9 Å². The number of fused-ring (bicyclic) bond motifs is 1. The minimum absolute atomic E-state index is 0.378. The lowest BCUT2D eigenvalue weighted by Crippen LogP contribution is -2.09. The molecule has 3 aromatic rings. The number of H-pyrrole nitrogens is 1. The number of nitrogens with one attached hydrogen (secondary N) is 1. The predicted molar refractivity (Wildman–Crippen MR) is 109 cm³/mol. The number of aromatic nitrogens is 1. The zero-order valence-corrected chi connectivity index (χ0v) is 16.9. The highest BCUT2D eigenvalue weighted by molar-refractivity contribution is 9.10. The summed E-state index contributed by atoms with van der Waals surface area (Å²) < 4.78 is 12.1. The first kappa shape index (κ1) is 19.3. The van der Waals surface area contributed by atoms with Crippen molar-refractivity contribution in [3.63, 3.8) is 0 Å². The largest absolute Gasteiger partial charge is 0.482 e. The zero-order valence-electron chi connectivity index (χ0n) is 15.3. The number of hydrogen-bond acceptors (Lipinski definition) is 3. The Balaban J connectivity index is 1.85. The maximum atomic E-state index is 10.7. The van der Waals surface area contributed by atoms with E-state index in [2.05, 4.69) is 40.1 Å². The Hall–Kier alpha value is -2.47. The van der Waals surface area contributed by atoms with Crippen LogP contribution in [0.4, 0.5) is 0 Å². The highest BCUT2D eigenvalue weighted by Crippen LogP contribution is 2.37. The zero-order chi connectivity index (χ0) is 19.4. The fraction of sp³-hybridized carbons (Fsp3) is 0.286. The van der Waals surface area contributed by atoms with Crippen molar-refractivity contribution in [2.45, 2.75) is 33.1 Å². The molecule has 0 unspecified atom stereocenters. The Morgan fingerprint density at radius 2 is 2.04 bits per heavy atom. The van der Waals surface area contributed by atoms with Gasteiger partial charge in [-0.15, -0.1) is 0 Å². The molecule has 0 bridgehead atoms. The third-order valence-electron chi connectivity index (χ3n) is 4.32. The fourth-order valence-corrected chi connectivity index (χ4v) is 3.59. The van der Waals surface area contributed by atoms with Gasteiger partial charge in [-0.2, -0.15) is 0 Å². The highest BCUT2D eigenvalue weighted by atomic mass is 79.9. The number of ether oxygens (including phenoxy) is 2. The molecular weight excluding hydrogens is 410 g/mol. The molecule has 3 rings (SSSR count). The molecule has 6 heteroatoms. The minimum Gasteiger partial charge on any atom is -0.482 e. The van der Waals surface area contributed by atoms with Crippen LogP contribution in [0.25, 0.3) is 10.9 Å². The van der Waals surface area contributed by atoms with E-state index >= 15 is 0 Å². The van der Waals surface area contributed by atoms with Gasteiger partial charge in [-0.1, -0.05) is 13.3 Å². The van der Waals surface area contributed by atoms with Crippen LogP contribution < -0.4 is 9.47 Å². The van der Waals surface area contributed by atoms with Crippen LogP contribution in [0, 0.1) is 6.92 Å². The molecule has 0 fully saturated rings. The van der Waals surface area contributed by atoms with Gasteiger partial charge in [0, 0.05) is 17.1 Å². The lowest BCUT2D eigenvalue weighted by atomic mass is 10.1. The van der Waals surface area contributed by atoms with E-state index in [4.69, 9.17) is 14.6 Å². The number of halogens is 1.